The molecule has 0 N–H and O–H groups in total. The average molecular weight is 374 g/mol. The molecule has 6 nitrogen and oxygen atoms in total. The van der Waals surface area contributed by atoms with Gasteiger partial charge in [0.25, 0.3) is 11.8 Å². The third-order valence-electron chi connectivity index (χ3n) is 5.16. The first-order chi connectivity index (χ1) is 13.0. The molecule has 1 fully saturated rings. The van der Waals surface area contributed by atoms with Crippen LogP contribution in [-0.4, -0.2) is 57.6 Å². The number of piperazine rings is 1. The Bertz CT molecular complexity index is 864. The summed E-state index contributed by atoms with van der Waals surface area (Å²) in [5.41, 5.74) is 1.65. The number of aryl methyl sites for hydroxylation is 2. The summed E-state index contributed by atoms with van der Waals surface area (Å²) in [5, 5.41) is 4.41. The zero-order valence-corrected chi connectivity index (χ0v) is 14.8. The lowest BCUT2D eigenvalue weighted by atomic mass is 10.1. The number of hydrogen-bond donors (Lipinski definition) is 0. The predicted octanol–water partition coefficient (Wildman–Crippen LogP) is 2.10. The molecule has 0 spiro atoms. The molecule has 1 aromatic heterocycles. The number of rotatable bonds is 2. The fraction of sp³-hybridized carbons (Fsp3) is 0.421. The molecule has 0 atom stereocenters. The molecule has 8 heteroatoms. The van der Waals surface area contributed by atoms with Crippen molar-refractivity contribution in [3.05, 3.63) is 52.9 Å². The molecule has 1 saturated heterocycles. The van der Waals surface area contributed by atoms with Crippen molar-refractivity contribution in [1.82, 2.24) is 19.6 Å². The number of hydrogen-bond acceptors (Lipinski definition) is 3. The fourth-order valence-electron chi connectivity index (χ4n) is 3.61. The molecular weight excluding hydrogens is 354 g/mol. The molecule has 2 aliphatic heterocycles. The monoisotopic (exact) mass is 374 g/mol. The van der Waals surface area contributed by atoms with Gasteiger partial charge < -0.3 is 9.80 Å². The van der Waals surface area contributed by atoms with E-state index in [-0.39, 0.29) is 17.4 Å². The first-order valence-corrected chi connectivity index (χ1v) is 9.13. The Balaban J connectivity index is 1.39. The second-order valence-electron chi connectivity index (χ2n) is 6.91. The number of nitrogens with zero attached hydrogens (tertiary/aromatic N) is 4. The number of amides is 2. The lowest BCUT2D eigenvalue weighted by molar-refractivity contribution is 0.0531. The Morgan fingerprint density at radius 2 is 1.56 bits per heavy atom. The molecule has 1 aromatic carbocycles. The minimum absolute atomic E-state index is 0.107. The second-order valence-corrected chi connectivity index (χ2v) is 6.91. The van der Waals surface area contributed by atoms with Crippen molar-refractivity contribution in [2.45, 2.75) is 25.8 Å². The van der Waals surface area contributed by atoms with E-state index in [1.54, 1.807) is 9.80 Å². The zero-order valence-electron chi connectivity index (χ0n) is 14.8. The SMILES string of the molecule is O=C(c1ccc(F)c(F)c1)N1CCN(C(=O)c2cc3n(n2)CCCC3)CC1. The molecule has 2 aliphatic rings. The smallest absolute Gasteiger partial charge is 0.274 e. The molecule has 27 heavy (non-hydrogen) atoms. The van der Waals surface area contributed by atoms with Crippen LogP contribution in [0.1, 0.15) is 39.4 Å². The topological polar surface area (TPSA) is 58.4 Å². The maximum Gasteiger partial charge on any atom is 0.274 e. The van der Waals surface area contributed by atoms with Crippen molar-refractivity contribution in [3.63, 3.8) is 0 Å². The first-order valence-electron chi connectivity index (χ1n) is 9.13. The van der Waals surface area contributed by atoms with E-state index in [1.807, 2.05) is 10.7 Å². The van der Waals surface area contributed by atoms with Gasteiger partial charge in [-0.2, -0.15) is 5.10 Å². The van der Waals surface area contributed by atoms with Crippen LogP contribution in [-0.2, 0) is 13.0 Å². The van der Waals surface area contributed by atoms with E-state index in [2.05, 4.69) is 5.10 Å². The van der Waals surface area contributed by atoms with E-state index < -0.39 is 11.6 Å². The van der Waals surface area contributed by atoms with Crippen molar-refractivity contribution < 1.29 is 18.4 Å². The minimum Gasteiger partial charge on any atom is -0.335 e. The Morgan fingerprint density at radius 1 is 0.852 bits per heavy atom. The number of benzene rings is 1. The van der Waals surface area contributed by atoms with Crippen molar-refractivity contribution in [2.75, 3.05) is 26.2 Å². The van der Waals surface area contributed by atoms with E-state index >= 15 is 0 Å². The number of aromatic nitrogens is 2. The van der Waals surface area contributed by atoms with Gasteiger partial charge in [0.2, 0.25) is 0 Å². The highest BCUT2D eigenvalue weighted by Crippen LogP contribution is 2.18. The van der Waals surface area contributed by atoms with Gasteiger partial charge in [-0.05, 0) is 43.5 Å². The summed E-state index contributed by atoms with van der Waals surface area (Å²) in [4.78, 5) is 28.4. The number of carbonyl (C=O) groups excluding carboxylic acids is 2. The molecule has 4 rings (SSSR count). The summed E-state index contributed by atoms with van der Waals surface area (Å²) < 4.78 is 28.3. The third-order valence-corrected chi connectivity index (χ3v) is 5.16. The van der Waals surface area contributed by atoms with Gasteiger partial charge >= 0.3 is 0 Å². The van der Waals surface area contributed by atoms with Crippen molar-refractivity contribution in [1.29, 1.82) is 0 Å². The summed E-state index contributed by atoms with van der Waals surface area (Å²) in [7, 11) is 0. The summed E-state index contributed by atoms with van der Waals surface area (Å²) in [6.07, 6.45) is 3.13. The van der Waals surface area contributed by atoms with Crippen LogP contribution in [0.15, 0.2) is 24.3 Å². The zero-order chi connectivity index (χ0) is 19.0. The lowest BCUT2D eigenvalue weighted by Gasteiger charge is -2.34. The molecule has 142 valence electrons. The van der Waals surface area contributed by atoms with Gasteiger partial charge in [0.1, 0.15) is 0 Å². The van der Waals surface area contributed by atoms with E-state index in [1.165, 1.54) is 6.07 Å². The normalized spacial score (nSPS) is 17.0. The molecular formula is C19H20F2N4O2. The molecule has 2 aromatic rings. The number of halogens is 2. The molecule has 3 heterocycles. The Morgan fingerprint density at radius 3 is 2.22 bits per heavy atom. The highest BCUT2D eigenvalue weighted by Gasteiger charge is 2.28. The quantitative estimate of drug-likeness (QED) is 0.809. The van der Waals surface area contributed by atoms with E-state index in [0.29, 0.717) is 31.9 Å². The van der Waals surface area contributed by atoms with Gasteiger partial charge in [0, 0.05) is 44.0 Å². The molecule has 0 radical (unpaired) electrons. The summed E-state index contributed by atoms with van der Waals surface area (Å²) in [6, 6.07) is 4.99. The van der Waals surface area contributed by atoms with Crippen LogP contribution < -0.4 is 0 Å². The maximum atomic E-state index is 13.4. The number of fused-ring (bicyclic) bond motifs is 1. The van der Waals surface area contributed by atoms with Crippen LogP contribution in [0.25, 0.3) is 0 Å². The van der Waals surface area contributed by atoms with Gasteiger partial charge in [0.05, 0.1) is 0 Å². The van der Waals surface area contributed by atoms with Gasteiger partial charge in [0.15, 0.2) is 17.3 Å². The van der Waals surface area contributed by atoms with E-state index in [4.69, 9.17) is 0 Å². The van der Waals surface area contributed by atoms with Crippen LogP contribution in [0.4, 0.5) is 8.78 Å². The van der Waals surface area contributed by atoms with Gasteiger partial charge in [-0.25, -0.2) is 8.78 Å². The van der Waals surface area contributed by atoms with Crippen LogP contribution in [0.5, 0.6) is 0 Å². The second kappa shape index (κ2) is 7.09. The standard InChI is InChI=1S/C19H20F2N4O2/c20-15-5-4-13(11-16(15)21)18(26)23-7-9-24(10-8-23)19(27)17-12-14-3-1-2-6-25(14)22-17/h4-5,11-12H,1-3,6-10H2. The minimum atomic E-state index is -1.04. The van der Waals surface area contributed by atoms with E-state index in [9.17, 15) is 18.4 Å². The largest absolute Gasteiger partial charge is 0.335 e. The van der Waals surface area contributed by atoms with Crippen molar-refractivity contribution in [2.24, 2.45) is 0 Å². The first kappa shape index (κ1) is 17.6. The van der Waals surface area contributed by atoms with E-state index in [0.717, 1.165) is 43.6 Å². The molecule has 2 amide bonds. The van der Waals surface area contributed by atoms with Gasteiger partial charge in [-0.15, -0.1) is 0 Å². The number of carbonyl (C=O) groups is 2. The summed E-state index contributed by atoms with van der Waals surface area (Å²) in [6.45, 7) is 2.31. The fourth-order valence-corrected chi connectivity index (χ4v) is 3.61. The van der Waals surface area contributed by atoms with Crippen LogP contribution in [0, 0.1) is 11.6 Å². The Kier molecular flexibility index (Phi) is 4.63. The summed E-state index contributed by atoms with van der Waals surface area (Å²) in [5.74, 6) is -2.52. The highest BCUT2D eigenvalue weighted by atomic mass is 19.2. The van der Waals surface area contributed by atoms with Crippen molar-refractivity contribution >= 4 is 11.8 Å². The summed E-state index contributed by atoms with van der Waals surface area (Å²) >= 11 is 0. The maximum absolute atomic E-state index is 13.4. The van der Waals surface area contributed by atoms with Crippen LogP contribution in [0.2, 0.25) is 0 Å². The lowest BCUT2D eigenvalue weighted by Crippen LogP contribution is -2.50. The van der Waals surface area contributed by atoms with Crippen LogP contribution in [0.3, 0.4) is 0 Å². The van der Waals surface area contributed by atoms with Gasteiger partial charge in [-0.1, -0.05) is 0 Å². The Labute approximate surface area is 155 Å². The predicted molar refractivity (Wildman–Crippen MR) is 93.3 cm³/mol. The molecule has 0 saturated carbocycles. The average Bonchev–Trinajstić information content (AvgIpc) is 3.13. The molecule has 0 unspecified atom stereocenters. The van der Waals surface area contributed by atoms with Gasteiger partial charge in [-0.3, -0.25) is 14.3 Å². The van der Waals surface area contributed by atoms with Crippen molar-refractivity contribution in [3.8, 4) is 0 Å². The highest BCUT2D eigenvalue weighted by molar-refractivity contribution is 5.95. The molecule has 0 aliphatic carbocycles. The van der Waals surface area contributed by atoms with Crippen LogP contribution >= 0.6 is 0 Å². The third kappa shape index (κ3) is 3.43. The molecule has 0 bridgehead atoms. The Hall–Kier alpha value is -2.77.